The van der Waals surface area contributed by atoms with Crippen molar-refractivity contribution in [3.8, 4) is 0 Å². The number of carbonyl (C=O) groups is 2. The number of hydrogen-bond acceptors (Lipinski definition) is 4. The summed E-state index contributed by atoms with van der Waals surface area (Å²) in [6.45, 7) is 0. The highest BCUT2D eigenvalue weighted by atomic mass is 16.2. The maximum atomic E-state index is 11.9. The number of rotatable bonds is 3. The van der Waals surface area contributed by atoms with E-state index in [1.807, 2.05) is 0 Å². The molecule has 1 aliphatic rings. The second kappa shape index (κ2) is 5.57. The molecule has 1 saturated carbocycles. The van der Waals surface area contributed by atoms with Gasteiger partial charge in [0.2, 0.25) is 0 Å². The number of nitrogens with one attached hydrogen (secondary N) is 1. The molecule has 2 amide bonds. The van der Waals surface area contributed by atoms with E-state index in [9.17, 15) is 9.59 Å². The standard InChI is InChI=1S/C12H16N4O2.2H2/c13-11(17)9-6-10(15-7-14-9)12(18)16-8-4-2-1-3-5-8;;/h6-8H,1-5H2,(H2,13,17)(H,16,18);2*1H. The Morgan fingerprint density at radius 1 is 1.22 bits per heavy atom. The molecule has 18 heavy (non-hydrogen) atoms. The van der Waals surface area contributed by atoms with Gasteiger partial charge in [-0.2, -0.15) is 0 Å². The molecule has 1 aromatic rings. The molecule has 1 fully saturated rings. The quantitative estimate of drug-likeness (QED) is 0.842. The second-order valence-electron chi connectivity index (χ2n) is 4.46. The lowest BCUT2D eigenvalue weighted by Crippen LogP contribution is -2.36. The van der Waals surface area contributed by atoms with Crippen LogP contribution in [0.25, 0.3) is 0 Å². The lowest BCUT2D eigenvalue weighted by atomic mass is 9.95. The summed E-state index contributed by atoms with van der Waals surface area (Å²) in [6, 6.07) is 1.53. The van der Waals surface area contributed by atoms with Gasteiger partial charge in [0.15, 0.2) is 0 Å². The molecule has 6 heteroatoms. The molecule has 0 atom stereocenters. The smallest absolute Gasteiger partial charge is 0.270 e. The normalized spacial score (nSPS) is 16.2. The van der Waals surface area contributed by atoms with Crippen LogP contribution >= 0.6 is 0 Å². The molecule has 0 aromatic carbocycles. The third-order valence-corrected chi connectivity index (χ3v) is 3.09. The highest BCUT2D eigenvalue weighted by Gasteiger charge is 2.18. The van der Waals surface area contributed by atoms with Crippen LogP contribution in [-0.2, 0) is 0 Å². The Hall–Kier alpha value is -1.98. The summed E-state index contributed by atoms with van der Waals surface area (Å²) in [5, 5.41) is 2.92. The number of carbonyl (C=O) groups excluding carboxylic acids is 2. The van der Waals surface area contributed by atoms with Crippen LogP contribution in [0.3, 0.4) is 0 Å². The van der Waals surface area contributed by atoms with Gasteiger partial charge in [0, 0.05) is 15.0 Å². The Bertz CT molecular complexity index is 465. The number of hydrogen-bond donors (Lipinski definition) is 2. The molecule has 1 aromatic heterocycles. The van der Waals surface area contributed by atoms with Crippen molar-refractivity contribution in [3.63, 3.8) is 0 Å². The van der Waals surface area contributed by atoms with Gasteiger partial charge in [-0.1, -0.05) is 19.3 Å². The van der Waals surface area contributed by atoms with Crippen molar-refractivity contribution in [1.29, 1.82) is 0 Å². The van der Waals surface area contributed by atoms with Crippen LogP contribution in [0, 0.1) is 0 Å². The maximum absolute atomic E-state index is 11.9. The zero-order chi connectivity index (χ0) is 13.0. The van der Waals surface area contributed by atoms with E-state index >= 15 is 0 Å². The van der Waals surface area contributed by atoms with Crippen LogP contribution in [0.2, 0.25) is 0 Å². The van der Waals surface area contributed by atoms with Crippen LogP contribution in [0.5, 0.6) is 0 Å². The molecule has 0 radical (unpaired) electrons. The van der Waals surface area contributed by atoms with E-state index in [-0.39, 0.29) is 26.2 Å². The van der Waals surface area contributed by atoms with Crippen molar-refractivity contribution in [2.75, 3.05) is 0 Å². The Morgan fingerprint density at radius 3 is 2.56 bits per heavy atom. The fourth-order valence-electron chi connectivity index (χ4n) is 2.12. The fraction of sp³-hybridized carbons (Fsp3) is 0.500. The Morgan fingerprint density at radius 2 is 1.89 bits per heavy atom. The van der Waals surface area contributed by atoms with E-state index in [0.717, 1.165) is 25.7 Å². The van der Waals surface area contributed by atoms with Crippen molar-refractivity contribution in [1.82, 2.24) is 15.3 Å². The number of nitrogens with zero attached hydrogens (tertiary/aromatic N) is 2. The van der Waals surface area contributed by atoms with Gasteiger partial charge in [-0.25, -0.2) is 9.97 Å². The van der Waals surface area contributed by atoms with Gasteiger partial charge in [-0.3, -0.25) is 9.59 Å². The highest BCUT2D eigenvalue weighted by molar-refractivity contribution is 5.96. The molecule has 6 nitrogen and oxygen atoms in total. The van der Waals surface area contributed by atoms with Gasteiger partial charge in [0.25, 0.3) is 11.8 Å². The molecule has 0 aliphatic heterocycles. The largest absolute Gasteiger partial charge is 0.364 e. The van der Waals surface area contributed by atoms with Gasteiger partial charge >= 0.3 is 0 Å². The van der Waals surface area contributed by atoms with E-state index in [0.29, 0.717) is 0 Å². The highest BCUT2D eigenvalue weighted by Crippen LogP contribution is 2.17. The predicted molar refractivity (Wildman–Crippen MR) is 69.1 cm³/mol. The topological polar surface area (TPSA) is 98.0 Å². The number of aromatic nitrogens is 2. The molecule has 100 valence electrons. The summed E-state index contributed by atoms with van der Waals surface area (Å²) in [7, 11) is 0. The van der Waals surface area contributed by atoms with Crippen LogP contribution in [0.4, 0.5) is 0 Å². The molecular formula is C12H20N4O2. The van der Waals surface area contributed by atoms with E-state index < -0.39 is 5.91 Å². The van der Waals surface area contributed by atoms with Crippen molar-refractivity contribution >= 4 is 11.8 Å². The van der Waals surface area contributed by atoms with E-state index in [4.69, 9.17) is 5.73 Å². The number of primary amides is 1. The van der Waals surface area contributed by atoms with Crippen LogP contribution in [0.15, 0.2) is 12.4 Å². The molecule has 1 heterocycles. The number of amides is 2. The van der Waals surface area contributed by atoms with Crippen LogP contribution in [-0.4, -0.2) is 27.8 Å². The SMILES string of the molecule is NC(=O)c1cc(C(=O)NC2CCCCC2)ncn1.[HH].[HH]. The average Bonchev–Trinajstić information content (AvgIpc) is 2.40. The van der Waals surface area contributed by atoms with Gasteiger partial charge in [-0.05, 0) is 12.8 Å². The van der Waals surface area contributed by atoms with Gasteiger partial charge in [0.05, 0.1) is 0 Å². The third-order valence-electron chi connectivity index (χ3n) is 3.09. The van der Waals surface area contributed by atoms with Gasteiger partial charge in [0.1, 0.15) is 17.7 Å². The average molecular weight is 252 g/mol. The minimum Gasteiger partial charge on any atom is -0.364 e. The van der Waals surface area contributed by atoms with Gasteiger partial charge in [-0.15, -0.1) is 0 Å². The van der Waals surface area contributed by atoms with E-state index in [1.54, 1.807) is 0 Å². The van der Waals surface area contributed by atoms with E-state index in [2.05, 4.69) is 15.3 Å². The first-order valence-corrected chi connectivity index (χ1v) is 6.09. The monoisotopic (exact) mass is 252 g/mol. The third kappa shape index (κ3) is 3.03. The minimum absolute atomic E-state index is 0. The first kappa shape index (κ1) is 12.5. The first-order valence-electron chi connectivity index (χ1n) is 6.09. The van der Waals surface area contributed by atoms with E-state index in [1.165, 1.54) is 18.8 Å². The summed E-state index contributed by atoms with van der Waals surface area (Å²) in [5.41, 5.74) is 5.35. The number of nitrogens with two attached hydrogens (primary N) is 1. The molecule has 2 rings (SSSR count). The Balaban J connectivity index is 0.00000180. The molecule has 0 saturated heterocycles. The fourth-order valence-corrected chi connectivity index (χ4v) is 2.12. The van der Waals surface area contributed by atoms with Gasteiger partial charge < -0.3 is 11.1 Å². The molecule has 0 spiro atoms. The molecule has 0 unspecified atom stereocenters. The molecule has 1 aliphatic carbocycles. The predicted octanol–water partition coefficient (Wildman–Crippen LogP) is 1.13. The molecular weight excluding hydrogens is 232 g/mol. The lowest BCUT2D eigenvalue weighted by Gasteiger charge is -2.22. The Kier molecular flexibility index (Phi) is 3.86. The molecule has 3 N–H and O–H groups in total. The van der Waals surface area contributed by atoms with Crippen LogP contribution in [0.1, 0.15) is 55.9 Å². The van der Waals surface area contributed by atoms with Crippen molar-refractivity contribution in [3.05, 3.63) is 23.8 Å². The van der Waals surface area contributed by atoms with Crippen molar-refractivity contribution in [2.45, 2.75) is 38.1 Å². The minimum atomic E-state index is -0.663. The summed E-state index contributed by atoms with van der Waals surface area (Å²) < 4.78 is 0. The zero-order valence-electron chi connectivity index (χ0n) is 10.1. The Labute approximate surface area is 108 Å². The summed E-state index contributed by atoms with van der Waals surface area (Å²) in [5.74, 6) is -0.934. The van der Waals surface area contributed by atoms with Crippen molar-refractivity contribution < 1.29 is 12.4 Å². The van der Waals surface area contributed by atoms with Crippen molar-refractivity contribution in [2.24, 2.45) is 5.73 Å². The summed E-state index contributed by atoms with van der Waals surface area (Å²) in [6.07, 6.45) is 6.68. The summed E-state index contributed by atoms with van der Waals surface area (Å²) >= 11 is 0. The summed E-state index contributed by atoms with van der Waals surface area (Å²) in [4.78, 5) is 30.5. The maximum Gasteiger partial charge on any atom is 0.270 e. The van der Waals surface area contributed by atoms with Crippen LogP contribution < -0.4 is 11.1 Å². The first-order chi connectivity index (χ1) is 8.66. The molecule has 0 bridgehead atoms. The zero-order valence-corrected chi connectivity index (χ0v) is 10.1. The second-order valence-corrected chi connectivity index (χ2v) is 4.46. The lowest BCUT2D eigenvalue weighted by molar-refractivity contribution is 0.0922.